The normalized spacial score (nSPS) is 21.9. The summed E-state index contributed by atoms with van der Waals surface area (Å²) in [6.07, 6.45) is 0.397. The van der Waals surface area contributed by atoms with Crippen LogP contribution in [0.25, 0.3) is 0 Å². The summed E-state index contributed by atoms with van der Waals surface area (Å²) >= 11 is 0. The van der Waals surface area contributed by atoms with Crippen LogP contribution in [0, 0.1) is 0 Å². The van der Waals surface area contributed by atoms with Crippen molar-refractivity contribution >= 4 is 5.71 Å². The van der Waals surface area contributed by atoms with Crippen molar-refractivity contribution in [2.45, 2.75) is 12.5 Å². The molecule has 0 saturated heterocycles. The Morgan fingerprint density at radius 1 is 1.24 bits per heavy atom. The number of hydrogen-bond acceptors (Lipinski definition) is 5. The molecule has 2 aliphatic rings. The molecule has 0 aliphatic carbocycles. The van der Waals surface area contributed by atoms with Gasteiger partial charge in [-0.05, 0) is 18.2 Å². The van der Waals surface area contributed by atoms with Crippen LogP contribution in [0.3, 0.4) is 0 Å². The minimum atomic E-state index is -0.224. The topological polar surface area (TPSA) is 60.3 Å². The van der Waals surface area contributed by atoms with Crippen molar-refractivity contribution in [1.29, 1.82) is 0 Å². The zero-order valence-corrected chi connectivity index (χ0v) is 9.26. The summed E-state index contributed by atoms with van der Waals surface area (Å²) in [7, 11) is 0. The first-order chi connectivity index (χ1) is 8.36. The largest absolute Gasteiger partial charge is 0.486 e. The van der Waals surface area contributed by atoms with Crippen molar-refractivity contribution in [3.05, 3.63) is 23.8 Å². The Morgan fingerprint density at radius 3 is 2.82 bits per heavy atom. The van der Waals surface area contributed by atoms with E-state index in [1.54, 1.807) is 0 Å². The second-order valence-corrected chi connectivity index (χ2v) is 4.01. The molecule has 17 heavy (non-hydrogen) atoms. The average Bonchev–Trinajstić information content (AvgIpc) is 2.87. The molecule has 3 rings (SSSR count). The van der Waals surface area contributed by atoms with E-state index >= 15 is 0 Å². The van der Waals surface area contributed by atoms with Crippen LogP contribution in [0.2, 0.25) is 0 Å². The van der Waals surface area contributed by atoms with E-state index in [0.29, 0.717) is 19.6 Å². The Bertz CT molecular complexity index is 458. The highest BCUT2D eigenvalue weighted by atomic mass is 16.6. The Kier molecular flexibility index (Phi) is 2.60. The van der Waals surface area contributed by atoms with Gasteiger partial charge in [0.1, 0.15) is 13.2 Å². The molecule has 0 bridgehead atoms. The Labute approximate surface area is 98.6 Å². The molecular formula is C12H13NO4. The van der Waals surface area contributed by atoms with E-state index in [4.69, 9.17) is 19.4 Å². The van der Waals surface area contributed by atoms with E-state index in [9.17, 15) is 0 Å². The summed E-state index contributed by atoms with van der Waals surface area (Å²) in [5, 5.41) is 12.9. The fourth-order valence-electron chi connectivity index (χ4n) is 1.92. The van der Waals surface area contributed by atoms with Gasteiger partial charge in [-0.3, -0.25) is 0 Å². The maximum absolute atomic E-state index is 8.98. The van der Waals surface area contributed by atoms with Gasteiger partial charge >= 0.3 is 0 Å². The molecular weight excluding hydrogens is 222 g/mol. The van der Waals surface area contributed by atoms with Crippen LogP contribution >= 0.6 is 0 Å². The fourth-order valence-corrected chi connectivity index (χ4v) is 1.92. The summed E-state index contributed by atoms with van der Waals surface area (Å²) in [5.41, 5.74) is 1.78. The first-order valence-corrected chi connectivity index (χ1v) is 5.60. The minimum absolute atomic E-state index is 0.0163. The van der Waals surface area contributed by atoms with E-state index < -0.39 is 0 Å². The standard InChI is InChI=1S/C12H13NO4/c14-7-9-6-10(13-17-9)8-1-2-11-12(5-8)16-4-3-15-11/h1-2,5,9,14H,3-4,6-7H2. The van der Waals surface area contributed by atoms with E-state index in [2.05, 4.69) is 5.16 Å². The average molecular weight is 235 g/mol. The summed E-state index contributed by atoms with van der Waals surface area (Å²) in [4.78, 5) is 5.08. The van der Waals surface area contributed by atoms with Crippen LogP contribution in [0.1, 0.15) is 12.0 Å². The lowest BCUT2D eigenvalue weighted by Crippen LogP contribution is -2.16. The predicted molar refractivity (Wildman–Crippen MR) is 60.5 cm³/mol. The van der Waals surface area contributed by atoms with E-state index in [1.807, 2.05) is 18.2 Å². The lowest BCUT2D eigenvalue weighted by atomic mass is 10.0. The van der Waals surface area contributed by atoms with Crippen LogP contribution in [-0.4, -0.2) is 36.7 Å². The highest BCUT2D eigenvalue weighted by Gasteiger charge is 2.22. The zero-order chi connectivity index (χ0) is 11.7. The van der Waals surface area contributed by atoms with E-state index in [0.717, 1.165) is 22.8 Å². The molecule has 90 valence electrons. The number of oxime groups is 1. The first kappa shape index (κ1) is 10.4. The van der Waals surface area contributed by atoms with Crippen LogP contribution in [0.5, 0.6) is 11.5 Å². The van der Waals surface area contributed by atoms with Crippen LogP contribution in [0.15, 0.2) is 23.4 Å². The Balaban J connectivity index is 1.85. The Morgan fingerprint density at radius 2 is 2.06 bits per heavy atom. The molecule has 1 aromatic rings. The molecule has 0 fully saturated rings. The van der Waals surface area contributed by atoms with Gasteiger partial charge in [0.15, 0.2) is 17.6 Å². The van der Waals surface area contributed by atoms with Gasteiger partial charge in [-0.2, -0.15) is 0 Å². The van der Waals surface area contributed by atoms with Crippen molar-refractivity contribution in [2.24, 2.45) is 5.16 Å². The summed E-state index contributed by atoms with van der Waals surface area (Å²) in [5.74, 6) is 1.50. The van der Waals surface area contributed by atoms with Crippen molar-refractivity contribution < 1.29 is 19.4 Å². The maximum atomic E-state index is 8.98. The predicted octanol–water partition coefficient (Wildman–Crippen LogP) is 0.943. The number of benzene rings is 1. The number of rotatable bonds is 2. The van der Waals surface area contributed by atoms with Gasteiger partial charge < -0.3 is 19.4 Å². The van der Waals surface area contributed by atoms with Crippen molar-refractivity contribution in [2.75, 3.05) is 19.8 Å². The van der Waals surface area contributed by atoms with E-state index in [1.165, 1.54) is 0 Å². The van der Waals surface area contributed by atoms with Gasteiger partial charge in [0, 0.05) is 12.0 Å². The molecule has 2 heterocycles. The van der Waals surface area contributed by atoms with Crippen LogP contribution < -0.4 is 9.47 Å². The molecule has 0 radical (unpaired) electrons. The molecule has 0 saturated carbocycles. The van der Waals surface area contributed by atoms with Gasteiger partial charge in [-0.25, -0.2) is 0 Å². The molecule has 1 atom stereocenters. The number of hydrogen-bond donors (Lipinski definition) is 1. The molecule has 1 unspecified atom stereocenters. The van der Waals surface area contributed by atoms with Gasteiger partial charge in [0.2, 0.25) is 0 Å². The highest BCUT2D eigenvalue weighted by Crippen LogP contribution is 2.32. The van der Waals surface area contributed by atoms with E-state index in [-0.39, 0.29) is 12.7 Å². The molecule has 0 amide bonds. The van der Waals surface area contributed by atoms with Gasteiger partial charge in [0.25, 0.3) is 0 Å². The third-order valence-corrected chi connectivity index (χ3v) is 2.81. The summed E-state index contributed by atoms with van der Waals surface area (Å²) < 4.78 is 11.0. The highest BCUT2D eigenvalue weighted by molar-refractivity contribution is 6.01. The zero-order valence-electron chi connectivity index (χ0n) is 9.26. The molecule has 5 heteroatoms. The number of aliphatic hydroxyl groups excluding tert-OH is 1. The second kappa shape index (κ2) is 4.25. The van der Waals surface area contributed by atoms with Crippen molar-refractivity contribution in [3.63, 3.8) is 0 Å². The summed E-state index contributed by atoms with van der Waals surface area (Å²) in [6.45, 7) is 1.14. The molecule has 5 nitrogen and oxygen atoms in total. The fraction of sp³-hybridized carbons (Fsp3) is 0.417. The van der Waals surface area contributed by atoms with Crippen LogP contribution in [0.4, 0.5) is 0 Å². The number of nitrogens with zero attached hydrogens (tertiary/aromatic N) is 1. The molecule has 2 aliphatic heterocycles. The van der Waals surface area contributed by atoms with Crippen molar-refractivity contribution in [1.82, 2.24) is 0 Å². The quantitative estimate of drug-likeness (QED) is 0.828. The third-order valence-electron chi connectivity index (χ3n) is 2.81. The number of ether oxygens (including phenoxy) is 2. The Hall–Kier alpha value is -1.75. The van der Waals surface area contributed by atoms with Gasteiger partial charge in [0.05, 0.1) is 12.3 Å². The first-order valence-electron chi connectivity index (χ1n) is 5.60. The number of fused-ring (bicyclic) bond motifs is 1. The van der Waals surface area contributed by atoms with Gasteiger partial charge in [-0.15, -0.1) is 0 Å². The number of aliphatic hydroxyl groups is 1. The van der Waals surface area contributed by atoms with Gasteiger partial charge in [-0.1, -0.05) is 5.16 Å². The summed E-state index contributed by atoms with van der Waals surface area (Å²) in [6, 6.07) is 5.70. The second-order valence-electron chi connectivity index (χ2n) is 4.01. The maximum Gasteiger partial charge on any atom is 0.162 e. The third kappa shape index (κ3) is 1.93. The lowest BCUT2D eigenvalue weighted by molar-refractivity contribution is 0.0390. The molecule has 0 spiro atoms. The molecule has 1 aromatic carbocycles. The van der Waals surface area contributed by atoms with Crippen LogP contribution in [-0.2, 0) is 4.84 Å². The van der Waals surface area contributed by atoms with Crippen molar-refractivity contribution in [3.8, 4) is 11.5 Å². The monoisotopic (exact) mass is 235 g/mol. The smallest absolute Gasteiger partial charge is 0.162 e. The molecule has 0 aromatic heterocycles. The minimum Gasteiger partial charge on any atom is -0.486 e. The lowest BCUT2D eigenvalue weighted by Gasteiger charge is -2.18. The SMILES string of the molecule is OCC1CC(c2ccc3c(c2)OCCO3)=NO1. The molecule has 1 N–H and O–H groups in total.